The zero-order valence-corrected chi connectivity index (χ0v) is 29.8. The van der Waals surface area contributed by atoms with Gasteiger partial charge in [-0.05, 0) is 123 Å². The first-order valence-electron chi connectivity index (χ1n) is 18.8. The van der Waals surface area contributed by atoms with Gasteiger partial charge in [0.2, 0.25) is 0 Å². The van der Waals surface area contributed by atoms with Crippen molar-refractivity contribution in [2.45, 2.75) is 0 Å². The summed E-state index contributed by atoms with van der Waals surface area (Å²) in [6, 6.07) is 70.1. The standard InChI is InChI=1S/C52H32N2O/c1-3-12-36(13-4-1)53(37-14-5-2-6-15-37)38-26-21-33(22-27-38)34-23-28-39(29-24-34)54-46-19-10-18-42-44-32-49-45(40-16-7-8-20-48(40)55-49)31-43(44)41-17-9-11-35-25-30-47(54)52(50(35)41)51(42)46/h1-32H. The zero-order chi connectivity index (χ0) is 36.0. The van der Waals surface area contributed by atoms with Crippen molar-refractivity contribution in [3.63, 3.8) is 0 Å². The monoisotopic (exact) mass is 700 g/mol. The molecule has 0 saturated carbocycles. The van der Waals surface area contributed by atoms with E-state index in [9.17, 15) is 0 Å². The van der Waals surface area contributed by atoms with Crippen LogP contribution in [-0.2, 0) is 0 Å². The van der Waals surface area contributed by atoms with E-state index in [4.69, 9.17) is 4.42 Å². The maximum Gasteiger partial charge on any atom is 0.136 e. The summed E-state index contributed by atoms with van der Waals surface area (Å²) >= 11 is 0. The Kier molecular flexibility index (Phi) is 6.34. The molecule has 12 rings (SSSR count). The van der Waals surface area contributed by atoms with Gasteiger partial charge in [0.15, 0.2) is 0 Å². The van der Waals surface area contributed by atoms with Crippen molar-refractivity contribution in [3.8, 4) is 39.1 Å². The van der Waals surface area contributed by atoms with Crippen LogP contribution in [0.25, 0.3) is 93.6 Å². The number of hydrogen-bond acceptors (Lipinski definition) is 2. The smallest absolute Gasteiger partial charge is 0.136 e. The molecule has 2 heterocycles. The molecule has 0 N–H and O–H groups in total. The van der Waals surface area contributed by atoms with Crippen molar-refractivity contribution in [2.75, 3.05) is 4.90 Å². The molecule has 2 aromatic heterocycles. The quantitative estimate of drug-likeness (QED) is 0.178. The normalized spacial score (nSPS) is 12.0. The van der Waals surface area contributed by atoms with Gasteiger partial charge in [-0.2, -0.15) is 0 Å². The van der Waals surface area contributed by atoms with Crippen molar-refractivity contribution in [3.05, 3.63) is 194 Å². The van der Waals surface area contributed by atoms with Gasteiger partial charge in [0.05, 0.1) is 11.0 Å². The number of furan rings is 1. The summed E-state index contributed by atoms with van der Waals surface area (Å²) in [5.41, 5.74) is 16.1. The fraction of sp³-hybridized carbons (Fsp3) is 0. The Labute approximate surface area is 317 Å². The van der Waals surface area contributed by atoms with Gasteiger partial charge in [-0.25, -0.2) is 0 Å². The molecule has 11 aromatic rings. The van der Waals surface area contributed by atoms with Crippen molar-refractivity contribution in [2.24, 2.45) is 0 Å². The van der Waals surface area contributed by atoms with E-state index in [0.29, 0.717) is 0 Å². The zero-order valence-electron chi connectivity index (χ0n) is 29.8. The van der Waals surface area contributed by atoms with E-state index in [1.807, 2.05) is 6.07 Å². The Morgan fingerprint density at radius 1 is 0.364 bits per heavy atom. The van der Waals surface area contributed by atoms with Crippen LogP contribution in [0.4, 0.5) is 17.1 Å². The highest BCUT2D eigenvalue weighted by Crippen LogP contribution is 2.51. The van der Waals surface area contributed by atoms with Crippen molar-refractivity contribution in [1.29, 1.82) is 0 Å². The summed E-state index contributed by atoms with van der Waals surface area (Å²) < 4.78 is 8.90. The maximum absolute atomic E-state index is 6.45. The molecule has 0 radical (unpaired) electrons. The molecule has 0 amide bonds. The Morgan fingerprint density at radius 2 is 0.964 bits per heavy atom. The molecule has 0 saturated heterocycles. The van der Waals surface area contributed by atoms with Gasteiger partial charge in [-0.15, -0.1) is 0 Å². The van der Waals surface area contributed by atoms with E-state index in [2.05, 4.69) is 198 Å². The molecule has 256 valence electrons. The number of anilines is 3. The summed E-state index contributed by atoms with van der Waals surface area (Å²) in [5.74, 6) is 0. The number of nitrogens with zero attached hydrogens (tertiary/aromatic N) is 2. The van der Waals surface area contributed by atoms with Crippen LogP contribution in [0.2, 0.25) is 0 Å². The van der Waals surface area contributed by atoms with Gasteiger partial charge in [0, 0.05) is 44.3 Å². The van der Waals surface area contributed by atoms with Crippen LogP contribution < -0.4 is 4.90 Å². The third-order valence-electron chi connectivity index (χ3n) is 11.5. The third-order valence-corrected chi connectivity index (χ3v) is 11.5. The Hall–Kier alpha value is -7.36. The number of fused-ring (bicyclic) bond motifs is 6. The van der Waals surface area contributed by atoms with Crippen molar-refractivity contribution < 1.29 is 4.42 Å². The van der Waals surface area contributed by atoms with Gasteiger partial charge < -0.3 is 13.9 Å². The van der Waals surface area contributed by atoms with E-state index in [1.165, 1.54) is 66.0 Å². The van der Waals surface area contributed by atoms with Crippen LogP contribution in [0.1, 0.15) is 0 Å². The van der Waals surface area contributed by atoms with Gasteiger partial charge in [0.1, 0.15) is 11.2 Å². The third kappa shape index (κ3) is 4.44. The molecule has 0 aliphatic heterocycles. The fourth-order valence-corrected chi connectivity index (χ4v) is 9.08. The molecule has 3 nitrogen and oxygen atoms in total. The van der Waals surface area contributed by atoms with Crippen LogP contribution >= 0.6 is 0 Å². The fourth-order valence-electron chi connectivity index (χ4n) is 9.08. The topological polar surface area (TPSA) is 21.3 Å². The van der Waals surface area contributed by atoms with Gasteiger partial charge >= 0.3 is 0 Å². The van der Waals surface area contributed by atoms with Crippen molar-refractivity contribution >= 4 is 71.6 Å². The van der Waals surface area contributed by atoms with Crippen LogP contribution in [-0.4, -0.2) is 4.57 Å². The van der Waals surface area contributed by atoms with E-state index >= 15 is 0 Å². The first-order valence-corrected chi connectivity index (χ1v) is 18.8. The first kappa shape index (κ1) is 30.1. The van der Waals surface area contributed by atoms with Crippen LogP contribution in [0.5, 0.6) is 0 Å². The molecule has 1 aliphatic carbocycles. The highest BCUT2D eigenvalue weighted by atomic mass is 16.3. The molecule has 9 aromatic carbocycles. The lowest BCUT2D eigenvalue weighted by molar-refractivity contribution is 0.669. The van der Waals surface area contributed by atoms with Gasteiger partial charge in [-0.1, -0.05) is 115 Å². The van der Waals surface area contributed by atoms with Crippen LogP contribution in [0.15, 0.2) is 199 Å². The van der Waals surface area contributed by atoms with Gasteiger partial charge in [0.25, 0.3) is 0 Å². The minimum absolute atomic E-state index is 0.919. The highest BCUT2D eigenvalue weighted by molar-refractivity contribution is 6.31. The summed E-state index contributed by atoms with van der Waals surface area (Å²) in [4.78, 5) is 2.30. The summed E-state index contributed by atoms with van der Waals surface area (Å²) in [6.45, 7) is 0. The second-order valence-corrected chi connectivity index (χ2v) is 14.5. The van der Waals surface area contributed by atoms with Crippen LogP contribution in [0, 0.1) is 0 Å². The number of hydrogen-bond donors (Lipinski definition) is 0. The molecule has 0 unspecified atom stereocenters. The van der Waals surface area contributed by atoms with E-state index < -0.39 is 0 Å². The Balaban J connectivity index is 0.996. The number of benzene rings is 9. The maximum atomic E-state index is 6.45. The SMILES string of the molecule is c1ccc(N(c2ccccc2)c2ccc(-c3ccc(-n4c5cccc6c5c5c7c(cccc7ccc54)-c4cc5c(cc4-6)oc4ccccc45)cc3)cc2)cc1. The minimum atomic E-state index is 0.919. The van der Waals surface area contributed by atoms with Gasteiger partial charge in [-0.3, -0.25) is 0 Å². The van der Waals surface area contributed by atoms with E-state index in [1.54, 1.807) is 0 Å². The molecular formula is C52H32N2O. The number of para-hydroxylation sites is 3. The summed E-state index contributed by atoms with van der Waals surface area (Å²) in [6.07, 6.45) is 0. The second kappa shape index (κ2) is 11.6. The summed E-state index contributed by atoms with van der Waals surface area (Å²) in [7, 11) is 0. The molecule has 1 aliphatic rings. The lowest BCUT2D eigenvalue weighted by Gasteiger charge is -2.25. The average Bonchev–Trinajstić information content (AvgIpc) is 3.76. The van der Waals surface area contributed by atoms with Crippen molar-refractivity contribution in [1.82, 2.24) is 4.57 Å². The molecular weight excluding hydrogens is 669 g/mol. The molecule has 0 spiro atoms. The first-order chi connectivity index (χ1) is 27.3. The lowest BCUT2D eigenvalue weighted by Crippen LogP contribution is -2.09. The Bertz CT molecular complexity index is 3240. The predicted molar refractivity (Wildman–Crippen MR) is 230 cm³/mol. The minimum Gasteiger partial charge on any atom is -0.456 e. The van der Waals surface area contributed by atoms with E-state index in [-0.39, 0.29) is 0 Å². The predicted octanol–water partition coefficient (Wildman–Crippen LogP) is 14.6. The highest BCUT2D eigenvalue weighted by Gasteiger charge is 2.26. The molecule has 0 fully saturated rings. The molecule has 3 heteroatoms. The lowest BCUT2D eigenvalue weighted by atomic mass is 9.92. The summed E-state index contributed by atoms with van der Waals surface area (Å²) in [5, 5.41) is 7.45. The molecule has 55 heavy (non-hydrogen) atoms. The largest absolute Gasteiger partial charge is 0.456 e. The number of aromatic nitrogens is 1. The molecule has 0 atom stereocenters. The van der Waals surface area contributed by atoms with Crippen LogP contribution in [0.3, 0.4) is 0 Å². The van der Waals surface area contributed by atoms with E-state index in [0.717, 1.165) is 44.7 Å². The number of rotatable bonds is 5. The Morgan fingerprint density at radius 3 is 1.71 bits per heavy atom. The average molecular weight is 701 g/mol. The second-order valence-electron chi connectivity index (χ2n) is 14.5. The molecule has 0 bridgehead atoms.